The maximum atomic E-state index is 12.4. The van der Waals surface area contributed by atoms with Crippen LogP contribution in [0.4, 0.5) is 5.69 Å². The number of sulfonamides is 1. The maximum Gasteiger partial charge on any atom is 0.313 e. The van der Waals surface area contributed by atoms with Crippen molar-refractivity contribution in [3.8, 4) is 0 Å². The lowest BCUT2D eigenvalue weighted by molar-refractivity contribution is -0.141. The molecule has 7 heteroatoms. The smallest absolute Gasteiger partial charge is 0.313 e. The van der Waals surface area contributed by atoms with Gasteiger partial charge in [-0.1, -0.05) is 30.3 Å². The van der Waals surface area contributed by atoms with Crippen molar-refractivity contribution >= 4 is 27.5 Å². The Labute approximate surface area is 140 Å². The third kappa shape index (κ3) is 4.42. The number of Topliss-reactive ketones (excluding diaryl/α,β-unsaturated/α-hetero) is 1. The van der Waals surface area contributed by atoms with E-state index in [9.17, 15) is 18.0 Å². The van der Waals surface area contributed by atoms with Crippen LogP contribution in [0.3, 0.4) is 0 Å². The highest BCUT2D eigenvalue weighted by atomic mass is 32.2. The van der Waals surface area contributed by atoms with Gasteiger partial charge in [0.15, 0.2) is 5.78 Å². The van der Waals surface area contributed by atoms with Gasteiger partial charge in [0, 0.05) is 5.56 Å². The number of carbonyl (C=O) groups is 2. The van der Waals surface area contributed by atoms with E-state index in [2.05, 4.69) is 4.72 Å². The van der Waals surface area contributed by atoms with E-state index in [-0.39, 0.29) is 22.8 Å². The number of ether oxygens (including phenoxy) is 1. The molecule has 2 aromatic rings. The molecule has 6 nitrogen and oxygen atoms in total. The van der Waals surface area contributed by atoms with E-state index >= 15 is 0 Å². The van der Waals surface area contributed by atoms with Crippen LogP contribution >= 0.6 is 0 Å². The molecule has 0 spiro atoms. The third-order valence-corrected chi connectivity index (χ3v) is 4.52. The normalized spacial score (nSPS) is 10.9. The van der Waals surface area contributed by atoms with E-state index in [1.807, 2.05) is 0 Å². The van der Waals surface area contributed by atoms with Gasteiger partial charge >= 0.3 is 5.97 Å². The molecule has 1 N–H and O–H groups in total. The van der Waals surface area contributed by atoms with Crippen LogP contribution in [0.25, 0.3) is 0 Å². The van der Waals surface area contributed by atoms with Gasteiger partial charge in [-0.3, -0.25) is 14.3 Å². The number of para-hydroxylation sites is 1. The highest BCUT2D eigenvalue weighted by molar-refractivity contribution is 7.92. The number of anilines is 1. The van der Waals surface area contributed by atoms with Gasteiger partial charge in [-0.15, -0.1) is 0 Å². The third-order valence-electron chi connectivity index (χ3n) is 3.14. The highest BCUT2D eigenvalue weighted by Crippen LogP contribution is 2.21. The summed E-state index contributed by atoms with van der Waals surface area (Å²) in [5, 5.41) is 0. The van der Waals surface area contributed by atoms with Gasteiger partial charge < -0.3 is 4.74 Å². The van der Waals surface area contributed by atoms with Gasteiger partial charge in [-0.2, -0.15) is 0 Å². The fourth-order valence-electron chi connectivity index (χ4n) is 2.06. The summed E-state index contributed by atoms with van der Waals surface area (Å²) in [4.78, 5) is 23.8. The molecule has 0 amide bonds. The van der Waals surface area contributed by atoms with Crippen LogP contribution < -0.4 is 4.72 Å². The summed E-state index contributed by atoms with van der Waals surface area (Å²) >= 11 is 0. The van der Waals surface area contributed by atoms with Crippen molar-refractivity contribution in [1.82, 2.24) is 0 Å². The minimum Gasteiger partial charge on any atom is -0.466 e. The molecule has 0 aliphatic rings. The summed E-state index contributed by atoms with van der Waals surface area (Å²) in [5.41, 5.74) is 0.237. The predicted octanol–water partition coefficient (Wildman–Crippen LogP) is 2.62. The lowest BCUT2D eigenvalue weighted by atomic mass is 10.1. The Morgan fingerprint density at radius 3 is 2.29 bits per heavy atom. The Morgan fingerprint density at radius 1 is 1.00 bits per heavy atom. The Morgan fingerprint density at radius 2 is 1.62 bits per heavy atom. The first-order valence-corrected chi connectivity index (χ1v) is 8.78. The largest absolute Gasteiger partial charge is 0.466 e. The van der Waals surface area contributed by atoms with Crippen LogP contribution in [-0.2, 0) is 19.6 Å². The van der Waals surface area contributed by atoms with Crippen molar-refractivity contribution in [2.45, 2.75) is 18.2 Å². The fraction of sp³-hybridized carbons (Fsp3) is 0.176. The summed E-state index contributed by atoms with van der Waals surface area (Å²) in [7, 11) is -3.83. The van der Waals surface area contributed by atoms with Gasteiger partial charge in [0.25, 0.3) is 10.0 Å². The molecular weight excluding hydrogens is 330 g/mol. The standard InChI is InChI=1S/C17H17NO5S/c1-2-23-17(20)12-16(19)14-10-6-7-11-15(14)18-24(21,22)13-8-4-3-5-9-13/h3-11,18H,2,12H2,1H3. The zero-order chi connectivity index (χ0) is 17.6. The minimum atomic E-state index is -3.83. The second kappa shape index (κ2) is 7.74. The Balaban J connectivity index is 2.26. The number of carbonyl (C=O) groups excluding carboxylic acids is 2. The predicted molar refractivity (Wildman–Crippen MR) is 89.3 cm³/mol. The molecule has 2 aromatic carbocycles. The summed E-state index contributed by atoms with van der Waals surface area (Å²) in [5.74, 6) is -1.16. The summed E-state index contributed by atoms with van der Waals surface area (Å²) in [6.07, 6.45) is -0.447. The van der Waals surface area contributed by atoms with Gasteiger partial charge in [0.2, 0.25) is 0 Å². The Hall–Kier alpha value is -2.67. The molecule has 0 aliphatic heterocycles. The first kappa shape index (κ1) is 17.7. The van der Waals surface area contributed by atoms with E-state index in [1.165, 1.54) is 24.3 Å². The fourth-order valence-corrected chi connectivity index (χ4v) is 3.16. The van der Waals surface area contributed by atoms with Crippen molar-refractivity contribution in [3.63, 3.8) is 0 Å². The maximum absolute atomic E-state index is 12.4. The molecule has 0 saturated carbocycles. The zero-order valence-corrected chi connectivity index (χ0v) is 13.9. The lowest BCUT2D eigenvalue weighted by Gasteiger charge is -2.12. The van der Waals surface area contributed by atoms with E-state index in [0.717, 1.165) is 0 Å². The van der Waals surface area contributed by atoms with E-state index in [0.29, 0.717) is 0 Å². The van der Waals surface area contributed by atoms with Crippen LogP contribution in [0.15, 0.2) is 59.5 Å². The molecule has 126 valence electrons. The lowest BCUT2D eigenvalue weighted by Crippen LogP contribution is -2.17. The van der Waals surface area contributed by atoms with Crippen molar-refractivity contribution in [2.24, 2.45) is 0 Å². The van der Waals surface area contributed by atoms with Crippen LogP contribution in [0.1, 0.15) is 23.7 Å². The van der Waals surface area contributed by atoms with Gasteiger partial charge in [-0.25, -0.2) is 8.42 Å². The molecule has 0 heterocycles. The molecule has 0 bridgehead atoms. The monoisotopic (exact) mass is 347 g/mol. The van der Waals surface area contributed by atoms with Crippen molar-refractivity contribution in [3.05, 3.63) is 60.2 Å². The van der Waals surface area contributed by atoms with Crippen LogP contribution in [0.5, 0.6) is 0 Å². The molecular formula is C17H17NO5S. The van der Waals surface area contributed by atoms with E-state index < -0.39 is 28.2 Å². The number of hydrogen-bond donors (Lipinski definition) is 1. The molecule has 0 unspecified atom stereocenters. The van der Waals surface area contributed by atoms with Crippen LogP contribution in [0.2, 0.25) is 0 Å². The quantitative estimate of drug-likeness (QED) is 0.472. The van der Waals surface area contributed by atoms with E-state index in [4.69, 9.17) is 4.74 Å². The number of hydrogen-bond acceptors (Lipinski definition) is 5. The number of rotatable bonds is 7. The van der Waals surface area contributed by atoms with Crippen LogP contribution in [0, 0.1) is 0 Å². The minimum absolute atomic E-state index is 0.0812. The average Bonchev–Trinajstić information content (AvgIpc) is 2.56. The zero-order valence-electron chi connectivity index (χ0n) is 13.1. The first-order chi connectivity index (χ1) is 11.4. The number of ketones is 1. The molecule has 0 radical (unpaired) electrons. The summed E-state index contributed by atoms with van der Waals surface area (Å²) in [6.45, 7) is 1.82. The molecule has 24 heavy (non-hydrogen) atoms. The molecule has 0 fully saturated rings. The van der Waals surface area contributed by atoms with Crippen molar-refractivity contribution < 1.29 is 22.7 Å². The first-order valence-electron chi connectivity index (χ1n) is 7.29. The molecule has 0 atom stereocenters. The second-order valence-corrected chi connectivity index (χ2v) is 6.55. The molecule has 0 aliphatic carbocycles. The van der Waals surface area contributed by atoms with E-state index in [1.54, 1.807) is 37.3 Å². The topological polar surface area (TPSA) is 89.5 Å². The van der Waals surface area contributed by atoms with Crippen LogP contribution in [-0.4, -0.2) is 26.8 Å². The summed E-state index contributed by atoms with van der Waals surface area (Å²) in [6, 6.07) is 13.9. The van der Waals surface area contributed by atoms with Gasteiger partial charge in [0.1, 0.15) is 6.42 Å². The molecule has 2 rings (SSSR count). The van der Waals surface area contributed by atoms with Crippen molar-refractivity contribution in [1.29, 1.82) is 0 Å². The highest BCUT2D eigenvalue weighted by Gasteiger charge is 2.20. The van der Waals surface area contributed by atoms with Gasteiger partial charge in [-0.05, 0) is 31.2 Å². The Bertz CT molecular complexity index is 831. The SMILES string of the molecule is CCOC(=O)CC(=O)c1ccccc1NS(=O)(=O)c1ccccc1. The number of benzene rings is 2. The summed E-state index contributed by atoms with van der Waals surface area (Å²) < 4.78 is 31.9. The van der Waals surface area contributed by atoms with Gasteiger partial charge in [0.05, 0.1) is 17.2 Å². The molecule has 0 aromatic heterocycles. The van der Waals surface area contributed by atoms with Crippen molar-refractivity contribution in [2.75, 3.05) is 11.3 Å². The molecule has 0 saturated heterocycles. The number of esters is 1. The average molecular weight is 347 g/mol. The Kier molecular flexibility index (Phi) is 5.70. The second-order valence-electron chi connectivity index (χ2n) is 4.87. The number of nitrogens with one attached hydrogen (secondary N) is 1.